The summed E-state index contributed by atoms with van der Waals surface area (Å²) in [6.07, 6.45) is 3.62. The minimum Gasteiger partial charge on any atom is -0.367 e. The maximum atomic E-state index is 11.8. The van der Waals surface area contributed by atoms with Crippen LogP contribution in [0, 0.1) is 10.1 Å². The molecule has 2 aromatic rings. The van der Waals surface area contributed by atoms with Crippen LogP contribution in [0.3, 0.4) is 0 Å². The van der Waals surface area contributed by atoms with Gasteiger partial charge in [-0.05, 0) is 19.1 Å². The molecule has 1 aliphatic heterocycles. The van der Waals surface area contributed by atoms with Crippen molar-refractivity contribution >= 4 is 17.3 Å². The SMILES string of the molecule is CNC(=O)c1ccc(N2CCOC(C)(c3cnn(C)c3)C2)c([N+](=O)[O-])c1. The maximum Gasteiger partial charge on any atom is 0.293 e. The highest BCUT2D eigenvalue weighted by atomic mass is 16.6. The van der Waals surface area contributed by atoms with Gasteiger partial charge in [-0.2, -0.15) is 5.10 Å². The first kappa shape index (κ1) is 17.9. The monoisotopic (exact) mass is 359 g/mol. The van der Waals surface area contributed by atoms with Crippen molar-refractivity contribution in [2.24, 2.45) is 7.05 Å². The average Bonchev–Trinajstić information content (AvgIpc) is 3.08. The highest BCUT2D eigenvalue weighted by Gasteiger charge is 2.37. The van der Waals surface area contributed by atoms with Crippen LogP contribution in [-0.4, -0.2) is 47.4 Å². The molecular weight excluding hydrogens is 338 g/mol. The number of aryl methyl sites for hydroxylation is 1. The van der Waals surface area contributed by atoms with Gasteiger partial charge in [0.1, 0.15) is 11.3 Å². The fraction of sp³-hybridized carbons (Fsp3) is 0.412. The van der Waals surface area contributed by atoms with Crippen molar-refractivity contribution in [3.8, 4) is 0 Å². The average molecular weight is 359 g/mol. The van der Waals surface area contributed by atoms with Crippen molar-refractivity contribution in [3.63, 3.8) is 0 Å². The number of ether oxygens (including phenoxy) is 1. The minimum atomic E-state index is -0.625. The van der Waals surface area contributed by atoms with Gasteiger partial charge in [-0.25, -0.2) is 0 Å². The Morgan fingerprint density at radius 3 is 2.85 bits per heavy atom. The van der Waals surface area contributed by atoms with E-state index in [1.54, 1.807) is 23.0 Å². The van der Waals surface area contributed by atoms with E-state index in [0.29, 0.717) is 25.4 Å². The molecule has 1 amide bonds. The first-order valence-electron chi connectivity index (χ1n) is 8.22. The zero-order chi connectivity index (χ0) is 18.9. The Morgan fingerprint density at radius 1 is 1.46 bits per heavy atom. The predicted octanol–water partition coefficient (Wildman–Crippen LogP) is 1.44. The Kier molecular flexibility index (Phi) is 4.64. The summed E-state index contributed by atoms with van der Waals surface area (Å²) in [5.74, 6) is -0.359. The topological polar surface area (TPSA) is 103 Å². The lowest BCUT2D eigenvalue weighted by molar-refractivity contribution is -0.384. The molecule has 138 valence electrons. The van der Waals surface area contributed by atoms with Crippen molar-refractivity contribution in [1.29, 1.82) is 0 Å². The number of carbonyl (C=O) groups excluding carboxylic acids is 1. The van der Waals surface area contributed by atoms with E-state index in [2.05, 4.69) is 10.4 Å². The molecule has 1 unspecified atom stereocenters. The number of anilines is 1. The number of nitro groups is 1. The van der Waals surface area contributed by atoms with E-state index in [0.717, 1.165) is 5.56 Å². The molecule has 0 saturated carbocycles. The second-order valence-electron chi connectivity index (χ2n) is 6.44. The van der Waals surface area contributed by atoms with Crippen LogP contribution in [0.4, 0.5) is 11.4 Å². The number of hydrogen-bond acceptors (Lipinski definition) is 6. The molecule has 1 saturated heterocycles. The molecule has 1 atom stereocenters. The fourth-order valence-electron chi connectivity index (χ4n) is 3.17. The van der Waals surface area contributed by atoms with Crippen molar-refractivity contribution in [1.82, 2.24) is 15.1 Å². The van der Waals surface area contributed by atoms with Crippen LogP contribution < -0.4 is 10.2 Å². The molecule has 1 N–H and O–H groups in total. The largest absolute Gasteiger partial charge is 0.367 e. The zero-order valence-corrected chi connectivity index (χ0v) is 14.9. The molecule has 0 spiro atoms. The summed E-state index contributed by atoms with van der Waals surface area (Å²) in [6, 6.07) is 4.53. The van der Waals surface area contributed by atoms with Crippen LogP contribution in [0.2, 0.25) is 0 Å². The number of nitrogens with one attached hydrogen (secondary N) is 1. The molecule has 0 aliphatic carbocycles. The van der Waals surface area contributed by atoms with Gasteiger partial charge in [0.05, 0.1) is 24.3 Å². The number of carbonyl (C=O) groups is 1. The van der Waals surface area contributed by atoms with E-state index in [9.17, 15) is 14.9 Å². The Labute approximate surface area is 150 Å². The van der Waals surface area contributed by atoms with Crippen molar-refractivity contribution in [2.45, 2.75) is 12.5 Å². The number of nitro benzene ring substituents is 1. The smallest absolute Gasteiger partial charge is 0.293 e. The van der Waals surface area contributed by atoms with Gasteiger partial charge in [-0.15, -0.1) is 0 Å². The number of nitrogens with zero attached hydrogens (tertiary/aromatic N) is 4. The van der Waals surface area contributed by atoms with Gasteiger partial charge in [0, 0.05) is 44.0 Å². The first-order chi connectivity index (χ1) is 12.3. The molecule has 0 bridgehead atoms. The molecule has 1 aromatic heterocycles. The van der Waals surface area contributed by atoms with Gasteiger partial charge in [-0.1, -0.05) is 0 Å². The van der Waals surface area contributed by atoms with E-state index in [4.69, 9.17) is 4.74 Å². The lowest BCUT2D eigenvalue weighted by Gasteiger charge is -2.41. The van der Waals surface area contributed by atoms with Gasteiger partial charge in [0.15, 0.2) is 0 Å². The number of morpholine rings is 1. The molecule has 1 aromatic carbocycles. The standard InChI is InChI=1S/C17H21N5O4/c1-17(13-9-19-20(3)10-13)11-21(6-7-26-17)14-5-4-12(16(23)18-2)8-15(14)22(24)25/h4-5,8-10H,6-7,11H2,1-3H3,(H,18,23). The summed E-state index contributed by atoms with van der Waals surface area (Å²) < 4.78 is 7.67. The normalized spacial score (nSPS) is 20.0. The Bertz CT molecular complexity index is 849. The van der Waals surface area contributed by atoms with E-state index < -0.39 is 10.5 Å². The maximum absolute atomic E-state index is 11.8. The number of hydrogen-bond donors (Lipinski definition) is 1. The molecule has 2 heterocycles. The van der Waals surface area contributed by atoms with E-state index in [1.165, 1.54) is 13.1 Å². The molecule has 9 nitrogen and oxygen atoms in total. The molecular formula is C17H21N5O4. The summed E-state index contributed by atoms with van der Waals surface area (Å²) in [5, 5.41) is 18.2. The first-order valence-corrected chi connectivity index (χ1v) is 8.22. The lowest BCUT2D eigenvalue weighted by Crippen LogP contribution is -2.48. The third-order valence-corrected chi connectivity index (χ3v) is 4.59. The fourth-order valence-corrected chi connectivity index (χ4v) is 3.17. The summed E-state index contributed by atoms with van der Waals surface area (Å²) in [5.41, 5.74) is 0.919. The van der Waals surface area contributed by atoms with Crippen molar-refractivity contribution in [3.05, 3.63) is 51.8 Å². The van der Waals surface area contributed by atoms with Gasteiger partial charge in [-0.3, -0.25) is 19.6 Å². The van der Waals surface area contributed by atoms with Gasteiger partial charge >= 0.3 is 0 Å². The highest BCUT2D eigenvalue weighted by molar-refractivity contribution is 5.95. The third-order valence-electron chi connectivity index (χ3n) is 4.59. The van der Waals surface area contributed by atoms with Gasteiger partial charge < -0.3 is 15.0 Å². The number of rotatable bonds is 4. The lowest BCUT2D eigenvalue weighted by atomic mass is 9.96. The number of benzene rings is 1. The summed E-state index contributed by atoms with van der Waals surface area (Å²) in [6.45, 7) is 3.34. The van der Waals surface area contributed by atoms with Crippen LogP contribution in [0.15, 0.2) is 30.6 Å². The van der Waals surface area contributed by atoms with E-state index in [-0.39, 0.29) is 17.2 Å². The molecule has 1 aliphatic rings. The van der Waals surface area contributed by atoms with Crippen LogP contribution >= 0.6 is 0 Å². The van der Waals surface area contributed by atoms with Crippen LogP contribution in [0.1, 0.15) is 22.8 Å². The highest BCUT2D eigenvalue weighted by Crippen LogP contribution is 2.36. The Morgan fingerprint density at radius 2 is 2.23 bits per heavy atom. The summed E-state index contributed by atoms with van der Waals surface area (Å²) in [7, 11) is 3.32. The van der Waals surface area contributed by atoms with Crippen molar-refractivity contribution < 1.29 is 14.5 Å². The second-order valence-corrected chi connectivity index (χ2v) is 6.44. The molecule has 0 radical (unpaired) electrons. The van der Waals surface area contributed by atoms with E-state index in [1.807, 2.05) is 25.1 Å². The summed E-state index contributed by atoms with van der Waals surface area (Å²) >= 11 is 0. The summed E-state index contributed by atoms with van der Waals surface area (Å²) in [4.78, 5) is 24.8. The molecule has 9 heteroatoms. The van der Waals surface area contributed by atoms with Gasteiger partial charge in [0.2, 0.25) is 0 Å². The quantitative estimate of drug-likeness (QED) is 0.655. The number of amides is 1. The predicted molar refractivity (Wildman–Crippen MR) is 95.2 cm³/mol. The molecule has 26 heavy (non-hydrogen) atoms. The van der Waals surface area contributed by atoms with Crippen LogP contribution in [0.25, 0.3) is 0 Å². The minimum absolute atomic E-state index is 0.0958. The molecule has 3 rings (SSSR count). The number of aromatic nitrogens is 2. The van der Waals surface area contributed by atoms with Crippen molar-refractivity contribution in [2.75, 3.05) is 31.6 Å². The zero-order valence-electron chi connectivity index (χ0n) is 14.9. The van der Waals surface area contributed by atoms with E-state index >= 15 is 0 Å². The Balaban J connectivity index is 1.95. The Hall–Kier alpha value is -2.94. The second kappa shape index (κ2) is 6.75. The van der Waals surface area contributed by atoms with Gasteiger partial charge in [0.25, 0.3) is 11.6 Å². The third kappa shape index (κ3) is 3.25. The van der Waals surface area contributed by atoms with Crippen LogP contribution in [-0.2, 0) is 17.4 Å². The van der Waals surface area contributed by atoms with Crippen LogP contribution in [0.5, 0.6) is 0 Å². The molecule has 1 fully saturated rings.